The van der Waals surface area contributed by atoms with Crippen LogP contribution in [0.1, 0.15) is 34.6 Å². The molecular formula is C16H19NO4. The molecule has 0 aliphatic heterocycles. The highest BCUT2D eigenvalue weighted by Crippen LogP contribution is 2.24. The van der Waals surface area contributed by atoms with Gasteiger partial charge < -0.3 is 19.2 Å². The van der Waals surface area contributed by atoms with Crippen molar-refractivity contribution < 1.29 is 18.7 Å². The SMILES string of the molecule is COC(=O)c1occc1CNC(C)c1ccccc1OC. The van der Waals surface area contributed by atoms with Crippen LogP contribution in [0.15, 0.2) is 41.0 Å². The maximum Gasteiger partial charge on any atom is 0.374 e. The average molecular weight is 289 g/mol. The van der Waals surface area contributed by atoms with Crippen molar-refractivity contribution in [3.63, 3.8) is 0 Å². The summed E-state index contributed by atoms with van der Waals surface area (Å²) in [5, 5.41) is 3.35. The Morgan fingerprint density at radius 2 is 2.05 bits per heavy atom. The first-order valence-corrected chi connectivity index (χ1v) is 6.68. The van der Waals surface area contributed by atoms with Gasteiger partial charge in [-0.2, -0.15) is 0 Å². The molecule has 0 aliphatic rings. The number of hydrogen-bond donors (Lipinski definition) is 1. The molecular weight excluding hydrogens is 270 g/mol. The summed E-state index contributed by atoms with van der Waals surface area (Å²) in [5.41, 5.74) is 1.83. The fourth-order valence-electron chi connectivity index (χ4n) is 2.14. The summed E-state index contributed by atoms with van der Waals surface area (Å²) in [6.45, 7) is 2.54. The third kappa shape index (κ3) is 3.44. The number of furan rings is 1. The van der Waals surface area contributed by atoms with Crippen molar-refractivity contribution in [1.29, 1.82) is 0 Å². The zero-order chi connectivity index (χ0) is 15.2. The summed E-state index contributed by atoms with van der Waals surface area (Å²) in [6.07, 6.45) is 1.48. The maximum atomic E-state index is 11.5. The first-order valence-electron chi connectivity index (χ1n) is 6.68. The van der Waals surface area contributed by atoms with Crippen molar-refractivity contribution in [2.24, 2.45) is 0 Å². The second-order valence-electron chi connectivity index (χ2n) is 4.61. The van der Waals surface area contributed by atoms with E-state index in [1.54, 1.807) is 13.2 Å². The molecule has 1 aromatic heterocycles. The van der Waals surface area contributed by atoms with E-state index in [1.807, 2.05) is 31.2 Å². The summed E-state index contributed by atoms with van der Waals surface area (Å²) in [5.74, 6) is 0.594. The first-order chi connectivity index (χ1) is 10.2. The van der Waals surface area contributed by atoms with E-state index in [-0.39, 0.29) is 11.8 Å². The molecule has 1 heterocycles. The normalized spacial score (nSPS) is 12.0. The summed E-state index contributed by atoms with van der Waals surface area (Å²) in [6, 6.07) is 9.65. The van der Waals surface area contributed by atoms with E-state index in [4.69, 9.17) is 9.15 Å². The fraction of sp³-hybridized carbons (Fsp3) is 0.312. The molecule has 0 amide bonds. The van der Waals surface area contributed by atoms with Gasteiger partial charge in [-0.05, 0) is 19.1 Å². The van der Waals surface area contributed by atoms with Crippen LogP contribution >= 0.6 is 0 Å². The first kappa shape index (κ1) is 15.1. The third-order valence-corrected chi connectivity index (χ3v) is 3.32. The molecule has 1 atom stereocenters. The summed E-state index contributed by atoms with van der Waals surface area (Å²) < 4.78 is 15.2. The number of para-hydroxylation sites is 1. The Morgan fingerprint density at radius 3 is 2.76 bits per heavy atom. The van der Waals surface area contributed by atoms with Gasteiger partial charge in [-0.3, -0.25) is 0 Å². The predicted octanol–water partition coefficient (Wildman–Crippen LogP) is 2.93. The van der Waals surface area contributed by atoms with Gasteiger partial charge in [0.1, 0.15) is 5.75 Å². The van der Waals surface area contributed by atoms with E-state index in [9.17, 15) is 4.79 Å². The third-order valence-electron chi connectivity index (χ3n) is 3.32. The Kier molecular flexibility index (Phi) is 5.00. The lowest BCUT2D eigenvalue weighted by atomic mass is 10.1. The van der Waals surface area contributed by atoms with Gasteiger partial charge in [0, 0.05) is 23.7 Å². The van der Waals surface area contributed by atoms with Gasteiger partial charge in [-0.25, -0.2) is 4.79 Å². The number of rotatable bonds is 6. The second kappa shape index (κ2) is 6.95. The molecule has 21 heavy (non-hydrogen) atoms. The van der Waals surface area contributed by atoms with Crippen LogP contribution in [-0.2, 0) is 11.3 Å². The van der Waals surface area contributed by atoms with Crippen molar-refractivity contribution in [2.75, 3.05) is 14.2 Å². The van der Waals surface area contributed by atoms with E-state index < -0.39 is 5.97 Å². The van der Waals surface area contributed by atoms with Gasteiger partial charge >= 0.3 is 5.97 Å². The molecule has 112 valence electrons. The van der Waals surface area contributed by atoms with Crippen LogP contribution in [0.25, 0.3) is 0 Å². The minimum Gasteiger partial charge on any atom is -0.496 e. The van der Waals surface area contributed by atoms with E-state index in [1.165, 1.54) is 13.4 Å². The molecule has 2 aromatic rings. The number of benzene rings is 1. The molecule has 0 saturated heterocycles. The van der Waals surface area contributed by atoms with Crippen LogP contribution in [0.3, 0.4) is 0 Å². The Morgan fingerprint density at radius 1 is 1.29 bits per heavy atom. The van der Waals surface area contributed by atoms with Crippen molar-refractivity contribution in [3.05, 3.63) is 53.5 Å². The zero-order valence-electron chi connectivity index (χ0n) is 12.4. The highest BCUT2D eigenvalue weighted by molar-refractivity contribution is 5.87. The Balaban J connectivity index is 2.06. The van der Waals surface area contributed by atoms with Crippen LogP contribution in [0.4, 0.5) is 0 Å². The smallest absolute Gasteiger partial charge is 0.374 e. The lowest BCUT2D eigenvalue weighted by Gasteiger charge is -2.17. The Labute approximate surface area is 123 Å². The molecule has 0 radical (unpaired) electrons. The van der Waals surface area contributed by atoms with Crippen LogP contribution in [0.2, 0.25) is 0 Å². The monoisotopic (exact) mass is 289 g/mol. The molecule has 0 spiro atoms. The molecule has 1 aromatic carbocycles. The molecule has 0 aliphatic carbocycles. The van der Waals surface area contributed by atoms with Gasteiger partial charge in [-0.1, -0.05) is 18.2 Å². The standard InChI is InChI=1S/C16H19NO4/c1-11(13-6-4-5-7-14(13)19-2)17-10-12-8-9-21-15(12)16(18)20-3/h4-9,11,17H,10H2,1-3H3. The van der Waals surface area contributed by atoms with Crippen LogP contribution in [0.5, 0.6) is 5.75 Å². The number of hydrogen-bond acceptors (Lipinski definition) is 5. The van der Waals surface area contributed by atoms with E-state index in [2.05, 4.69) is 10.1 Å². The number of carbonyl (C=O) groups excluding carboxylic acids is 1. The lowest BCUT2D eigenvalue weighted by molar-refractivity contribution is 0.0563. The maximum absolute atomic E-state index is 11.5. The summed E-state index contributed by atoms with van der Waals surface area (Å²) >= 11 is 0. The number of ether oxygens (including phenoxy) is 2. The number of esters is 1. The highest BCUT2D eigenvalue weighted by Gasteiger charge is 2.17. The molecule has 5 nitrogen and oxygen atoms in total. The van der Waals surface area contributed by atoms with Crippen molar-refractivity contribution in [1.82, 2.24) is 5.32 Å². The second-order valence-corrected chi connectivity index (χ2v) is 4.61. The largest absolute Gasteiger partial charge is 0.496 e. The topological polar surface area (TPSA) is 60.7 Å². The van der Waals surface area contributed by atoms with Gasteiger partial charge in [0.15, 0.2) is 0 Å². The minimum atomic E-state index is -0.471. The quantitative estimate of drug-likeness (QED) is 0.828. The lowest BCUT2D eigenvalue weighted by Crippen LogP contribution is -2.19. The number of nitrogens with one attached hydrogen (secondary N) is 1. The molecule has 5 heteroatoms. The van der Waals surface area contributed by atoms with Crippen LogP contribution in [-0.4, -0.2) is 20.2 Å². The van der Waals surface area contributed by atoms with Crippen LogP contribution < -0.4 is 10.1 Å². The average Bonchev–Trinajstić information content (AvgIpc) is 3.00. The van der Waals surface area contributed by atoms with E-state index in [0.717, 1.165) is 16.9 Å². The molecule has 1 N–H and O–H groups in total. The summed E-state index contributed by atoms with van der Waals surface area (Å²) in [7, 11) is 2.98. The molecule has 0 fully saturated rings. The number of carbonyl (C=O) groups is 1. The van der Waals surface area contributed by atoms with Crippen molar-refractivity contribution in [2.45, 2.75) is 19.5 Å². The molecule has 1 unspecified atom stereocenters. The Bertz CT molecular complexity index is 606. The summed E-state index contributed by atoms with van der Waals surface area (Å²) in [4.78, 5) is 11.5. The van der Waals surface area contributed by atoms with Gasteiger partial charge in [0.2, 0.25) is 5.76 Å². The van der Waals surface area contributed by atoms with Gasteiger partial charge in [-0.15, -0.1) is 0 Å². The number of methoxy groups -OCH3 is 2. The van der Waals surface area contributed by atoms with E-state index >= 15 is 0 Å². The van der Waals surface area contributed by atoms with Crippen molar-refractivity contribution >= 4 is 5.97 Å². The highest BCUT2D eigenvalue weighted by atomic mass is 16.5. The van der Waals surface area contributed by atoms with E-state index in [0.29, 0.717) is 6.54 Å². The predicted molar refractivity (Wildman–Crippen MR) is 78.3 cm³/mol. The zero-order valence-corrected chi connectivity index (χ0v) is 12.4. The van der Waals surface area contributed by atoms with Gasteiger partial charge in [0.05, 0.1) is 20.5 Å². The van der Waals surface area contributed by atoms with Crippen molar-refractivity contribution in [3.8, 4) is 5.75 Å². The van der Waals surface area contributed by atoms with Crippen LogP contribution in [0, 0.1) is 0 Å². The minimum absolute atomic E-state index is 0.0709. The Hall–Kier alpha value is -2.27. The van der Waals surface area contributed by atoms with Gasteiger partial charge in [0.25, 0.3) is 0 Å². The fourth-order valence-corrected chi connectivity index (χ4v) is 2.14. The molecule has 0 bridgehead atoms. The molecule has 0 saturated carbocycles. The molecule has 2 rings (SSSR count).